The van der Waals surface area contributed by atoms with Crippen LogP contribution in [0.1, 0.15) is 19.6 Å². The van der Waals surface area contributed by atoms with E-state index in [0.717, 1.165) is 17.3 Å². The highest BCUT2D eigenvalue weighted by atomic mass is 16.6. The molecule has 1 fully saturated rings. The van der Waals surface area contributed by atoms with Gasteiger partial charge in [0.15, 0.2) is 5.76 Å². The van der Waals surface area contributed by atoms with Gasteiger partial charge in [-0.3, -0.25) is 19.7 Å². The zero-order valence-electron chi connectivity index (χ0n) is 12.9. The molecule has 3 amide bonds. The molecule has 11 heteroatoms. The van der Waals surface area contributed by atoms with Crippen molar-refractivity contribution in [1.29, 1.82) is 0 Å². The number of hydrogen-bond donors (Lipinski definition) is 0. The van der Waals surface area contributed by atoms with Crippen molar-refractivity contribution in [2.75, 3.05) is 13.1 Å². The van der Waals surface area contributed by atoms with E-state index < -0.39 is 35.3 Å². The lowest BCUT2D eigenvalue weighted by atomic mass is 10.4. The molecule has 1 aliphatic heterocycles. The van der Waals surface area contributed by atoms with Crippen LogP contribution in [-0.2, 0) is 14.3 Å². The first-order valence-electron chi connectivity index (χ1n) is 6.87. The van der Waals surface area contributed by atoms with Gasteiger partial charge < -0.3 is 9.15 Å². The van der Waals surface area contributed by atoms with Crippen LogP contribution in [0.25, 0.3) is 0 Å². The van der Waals surface area contributed by atoms with Crippen molar-refractivity contribution >= 4 is 30.0 Å². The van der Waals surface area contributed by atoms with Gasteiger partial charge in [0.05, 0.1) is 18.4 Å². The normalized spacial score (nSPS) is 15.0. The number of esters is 1. The monoisotopic (exact) mass is 338 g/mol. The topological polar surface area (TPSA) is 136 Å². The van der Waals surface area contributed by atoms with Crippen molar-refractivity contribution in [3.05, 3.63) is 28.0 Å². The number of rotatable bonds is 6. The van der Waals surface area contributed by atoms with Crippen molar-refractivity contribution in [3.63, 3.8) is 0 Å². The minimum absolute atomic E-state index is 0.0413. The van der Waals surface area contributed by atoms with Crippen LogP contribution in [0.15, 0.2) is 21.7 Å². The van der Waals surface area contributed by atoms with Crippen molar-refractivity contribution in [2.24, 2.45) is 5.10 Å². The first-order valence-corrected chi connectivity index (χ1v) is 6.87. The fraction of sp³-hybridized carbons (Fsp3) is 0.385. The number of carbonyl (C=O) groups is 3. The minimum Gasteiger partial charge on any atom is -0.462 e. The first-order chi connectivity index (χ1) is 11.3. The van der Waals surface area contributed by atoms with Gasteiger partial charge in [-0.05, 0) is 19.9 Å². The molecule has 1 saturated heterocycles. The van der Waals surface area contributed by atoms with Crippen LogP contribution in [0.5, 0.6) is 0 Å². The fourth-order valence-electron chi connectivity index (χ4n) is 1.84. The Morgan fingerprint density at radius 1 is 1.50 bits per heavy atom. The second-order valence-electron chi connectivity index (χ2n) is 5.04. The maximum Gasteiger partial charge on any atom is 0.433 e. The summed E-state index contributed by atoms with van der Waals surface area (Å²) in [7, 11) is 0. The molecule has 2 heterocycles. The third kappa shape index (κ3) is 3.94. The third-order valence-electron chi connectivity index (χ3n) is 2.81. The molecule has 0 unspecified atom stereocenters. The van der Waals surface area contributed by atoms with E-state index in [4.69, 9.17) is 9.15 Å². The van der Waals surface area contributed by atoms with Crippen LogP contribution < -0.4 is 0 Å². The van der Waals surface area contributed by atoms with E-state index >= 15 is 0 Å². The lowest BCUT2D eigenvalue weighted by Gasteiger charge is -2.14. The van der Waals surface area contributed by atoms with E-state index in [1.54, 1.807) is 13.8 Å². The number of hydrogen-bond acceptors (Lipinski definition) is 8. The van der Waals surface area contributed by atoms with E-state index in [-0.39, 0.29) is 18.4 Å². The van der Waals surface area contributed by atoms with Gasteiger partial charge in [0.25, 0.3) is 5.91 Å². The smallest absolute Gasteiger partial charge is 0.433 e. The highest BCUT2D eigenvalue weighted by Crippen LogP contribution is 2.15. The predicted molar refractivity (Wildman–Crippen MR) is 78.0 cm³/mol. The Balaban J connectivity index is 2.01. The highest BCUT2D eigenvalue weighted by Gasteiger charge is 2.37. The summed E-state index contributed by atoms with van der Waals surface area (Å²) in [5.41, 5.74) is 0. The molecule has 1 aromatic rings. The standard InChI is InChI=1S/C13H14N4O7/c1-8(2)23-12(19)7-15-10(18)6-16(13(15)20)14-5-9-3-4-11(24-9)17(21)22/h3-5,8H,6-7H2,1-2H3. The number of nitro groups is 1. The molecule has 0 aliphatic carbocycles. The Hall–Kier alpha value is -3.24. The van der Waals surface area contributed by atoms with Gasteiger partial charge in [-0.2, -0.15) is 5.10 Å². The summed E-state index contributed by atoms with van der Waals surface area (Å²) in [6.45, 7) is 2.43. The number of imide groups is 1. The molecular formula is C13H14N4O7. The predicted octanol–water partition coefficient (Wildman–Crippen LogP) is 0.738. The fourth-order valence-corrected chi connectivity index (χ4v) is 1.84. The largest absolute Gasteiger partial charge is 0.462 e. The summed E-state index contributed by atoms with van der Waals surface area (Å²) in [6, 6.07) is 1.63. The zero-order valence-corrected chi connectivity index (χ0v) is 12.9. The zero-order chi connectivity index (χ0) is 17.9. The van der Waals surface area contributed by atoms with Crippen LogP contribution in [-0.4, -0.2) is 58.1 Å². The van der Waals surface area contributed by atoms with Crippen molar-refractivity contribution in [3.8, 4) is 0 Å². The summed E-state index contributed by atoms with van der Waals surface area (Å²) >= 11 is 0. The van der Waals surface area contributed by atoms with Gasteiger partial charge in [0.1, 0.15) is 18.0 Å². The van der Waals surface area contributed by atoms with Gasteiger partial charge in [-0.1, -0.05) is 0 Å². The first kappa shape index (κ1) is 17.1. The molecule has 0 aromatic carbocycles. The quantitative estimate of drug-likeness (QED) is 0.245. The van der Waals surface area contributed by atoms with Gasteiger partial charge in [0.2, 0.25) is 0 Å². The summed E-state index contributed by atoms with van der Waals surface area (Å²) in [4.78, 5) is 45.9. The van der Waals surface area contributed by atoms with Gasteiger partial charge in [-0.15, -0.1) is 0 Å². The van der Waals surface area contributed by atoms with Crippen LogP contribution in [0.3, 0.4) is 0 Å². The molecule has 0 bridgehead atoms. The van der Waals surface area contributed by atoms with E-state index in [0.29, 0.717) is 4.90 Å². The highest BCUT2D eigenvalue weighted by molar-refractivity contribution is 6.04. The Morgan fingerprint density at radius 2 is 2.21 bits per heavy atom. The third-order valence-corrected chi connectivity index (χ3v) is 2.81. The minimum atomic E-state index is -0.794. The lowest BCUT2D eigenvalue weighted by molar-refractivity contribution is -0.402. The molecule has 0 N–H and O–H groups in total. The van der Waals surface area contributed by atoms with Gasteiger partial charge in [-0.25, -0.2) is 14.7 Å². The summed E-state index contributed by atoms with van der Waals surface area (Å²) in [5.74, 6) is -1.75. The van der Waals surface area contributed by atoms with Crippen LogP contribution in [0.2, 0.25) is 0 Å². The Morgan fingerprint density at radius 3 is 2.79 bits per heavy atom. The number of carbonyl (C=O) groups excluding carboxylic acids is 3. The lowest BCUT2D eigenvalue weighted by Crippen LogP contribution is -2.37. The number of ether oxygens (including phenoxy) is 1. The van der Waals surface area contributed by atoms with E-state index in [2.05, 4.69) is 5.10 Å². The second kappa shape index (κ2) is 6.89. The van der Waals surface area contributed by atoms with Crippen molar-refractivity contribution < 1.29 is 28.5 Å². The van der Waals surface area contributed by atoms with E-state index in [1.165, 1.54) is 6.07 Å². The van der Waals surface area contributed by atoms with Gasteiger partial charge in [0, 0.05) is 0 Å². The Bertz CT molecular complexity index is 709. The maximum absolute atomic E-state index is 12.0. The Kier molecular flexibility index (Phi) is 4.92. The van der Waals surface area contributed by atoms with Crippen molar-refractivity contribution in [1.82, 2.24) is 9.91 Å². The van der Waals surface area contributed by atoms with Gasteiger partial charge >= 0.3 is 17.9 Å². The molecule has 24 heavy (non-hydrogen) atoms. The Labute approximate surface area is 135 Å². The summed E-state index contributed by atoms with van der Waals surface area (Å²) < 4.78 is 9.72. The molecule has 11 nitrogen and oxygen atoms in total. The van der Waals surface area contributed by atoms with Crippen LogP contribution in [0, 0.1) is 10.1 Å². The number of furan rings is 1. The molecule has 0 atom stereocenters. The maximum atomic E-state index is 12.0. The van der Waals surface area contributed by atoms with E-state index in [1.807, 2.05) is 0 Å². The molecule has 0 saturated carbocycles. The molecule has 128 valence electrons. The number of hydrazone groups is 1. The molecule has 0 spiro atoms. The number of urea groups is 1. The summed E-state index contributed by atoms with van der Waals surface area (Å²) in [6.07, 6.45) is 0.697. The number of amides is 3. The SMILES string of the molecule is CC(C)OC(=O)CN1C(=O)CN(N=Cc2ccc([N+](=O)[O-])o2)C1=O. The van der Waals surface area contributed by atoms with Crippen LogP contribution in [0.4, 0.5) is 10.7 Å². The number of nitrogens with zero attached hydrogens (tertiary/aromatic N) is 4. The molecular weight excluding hydrogens is 324 g/mol. The van der Waals surface area contributed by atoms with Crippen molar-refractivity contribution in [2.45, 2.75) is 20.0 Å². The van der Waals surface area contributed by atoms with Crippen LogP contribution >= 0.6 is 0 Å². The molecule has 2 rings (SSSR count). The summed E-state index contributed by atoms with van der Waals surface area (Å²) in [5, 5.41) is 15.1. The molecule has 1 aromatic heterocycles. The molecule has 1 aliphatic rings. The molecule has 0 radical (unpaired) electrons. The average molecular weight is 338 g/mol. The van der Waals surface area contributed by atoms with E-state index in [9.17, 15) is 24.5 Å². The average Bonchev–Trinajstić information content (AvgIpc) is 3.05. The second-order valence-corrected chi connectivity index (χ2v) is 5.04.